The van der Waals surface area contributed by atoms with E-state index in [0.29, 0.717) is 0 Å². The minimum atomic E-state index is -0.664. The second-order valence-electron chi connectivity index (χ2n) is 1.60. The molecule has 0 radical (unpaired) electrons. The molecule has 3 nitrogen and oxygen atoms in total. The van der Waals surface area contributed by atoms with E-state index in [1.54, 1.807) is 0 Å². The van der Waals surface area contributed by atoms with Gasteiger partial charge in [0.1, 0.15) is 17.5 Å². The Morgan fingerprint density at radius 2 is 2.50 bits per heavy atom. The van der Waals surface area contributed by atoms with Gasteiger partial charge in [0.15, 0.2) is 0 Å². The van der Waals surface area contributed by atoms with Crippen molar-refractivity contribution < 1.29 is 14.6 Å². The molecule has 1 saturated heterocycles. The lowest BCUT2D eigenvalue weighted by Gasteiger charge is -1.95. The number of hydrogen-bond acceptors (Lipinski definition) is 3. The van der Waals surface area contributed by atoms with Crippen molar-refractivity contribution in [2.24, 2.45) is 0 Å². The summed E-state index contributed by atoms with van der Waals surface area (Å²) in [6.07, 6.45) is -0.664. The maximum Gasteiger partial charge on any atom is 0.322 e. The number of rotatable bonds is 0. The van der Waals surface area contributed by atoms with Crippen LogP contribution in [0.25, 0.3) is 0 Å². The molecule has 0 unspecified atom stereocenters. The molecule has 0 aliphatic carbocycles. The minimum Gasteiger partial charge on any atom is -0.462 e. The molecule has 0 aromatic rings. The fourth-order valence-corrected chi connectivity index (χ4v) is 0.773. The van der Waals surface area contributed by atoms with E-state index in [0.717, 1.165) is 0 Å². The molecule has 4 heteroatoms. The van der Waals surface area contributed by atoms with Crippen LogP contribution >= 0.6 is 15.9 Å². The number of aliphatic hydroxyl groups excluding tert-OH is 1. The molecule has 1 rings (SSSR count). The predicted molar refractivity (Wildman–Crippen MR) is 29.7 cm³/mol. The van der Waals surface area contributed by atoms with Gasteiger partial charge in [-0.1, -0.05) is 15.9 Å². The molecule has 2 atom stereocenters. The van der Waals surface area contributed by atoms with E-state index in [9.17, 15) is 4.79 Å². The van der Waals surface area contributed by atoms with Crippen LogP contribution in [0.1, 0.15) is 0 Å². The van der Waals surface area contributed by atoms with Gasteiger partial charge >= 0.3 is 5.97 Å². The molecule has 8 heavy (non-hydrogen) atoms. The summed E-state index contributed by atoms with van der Waals surface area (Å²) in [7, 11) is 0. The standard InChI is InChI=1S/C4H5BrO3/c5-3-2(6)1-8-4(3)7/h2-3,6H,1H2/t2-,3-/m0/s1. The molecule has 0 aromatic carbocycles. The van der Waals surface area contributed by atoms with Gasteiger partial charge in [-0.25, -0.2) is 0 Å². The van der Waals surface area contributed by atoms with Crippen LogP contribution in [-0.4, -0.2) is 28.6 Å². The second kappa shape index (κ2) is 2.03. The van der Waals surface area contributed by atoms with Gasteiger partial charge in [-0.2, -0.15) is 0 Å². The van der Waals surface area contributed by atoms with Gasteiger partial charge in [-0.15, -0.1) is 0 Å². The Morgan fingerprint density at radius 1 is 1.88 bits per heavy atom. The van der Waals surface area contributed by atoms with Gasteiger partial charge in [0.2, 0.25) is 0 Å². The zero-order valence-electron chi connectivity index (χ0n) is 4.00. The van der Waals surface area contributed by atoms with Gasteiger partial charge < -0.3 is 9.84 Å². The SMILES string of the molecule is O=C1OC[C@H](O)[C@@H]1Br. The summed E-state index contributed by atoms with van der Waals surface area (Å²) in [6, 6.07) is 0. The Morgan fingerprint density at radius 3 is 2.62 bits per heavy atom. The minimum absolute atomic E-state index is 0.120. The second-order valence-corrected chi connectivity index (χ2v) is 2.59. The van der Waals surface area contributed by atoms with E-state index in [1.165, 1.54) is 0 Å². The normalized spacial score (nSPS) is 37.5. The zero-order valence-corrected chi connectivity index (χ0v) is 5.59. The number of halogens is 1. The lowest BCUT2D eigenvalue weighted by molar-refractivity contribution is -0.137. The lowest BCUT2D eigenvalue weighted by Crippen LogP contribution is -2.19. The molecule has 0 spiro atoms. The molecule has 0 bridgehead atoms. The molecule has 1 aliphatic rings. The van der Waals surface area contributed by atoms with E-state index in [4.69, 9.17) is 5.11 Å². The average molecular weight is 181 g/mol. The van der Waals surface area contributed by atoms with Crippen molar-refractivity contribution in [3.8, 4) is 0 Å². The third kappa shape index (κ3) is 0.855. The van der Waals surface area contributed by atoms with Crippen LogP contribution in [0.15, 0.2) is 0 Å². The first-order chi connectivity index (χ1) is 3.72. The van der Waals surface area contributed by atoms with E-state index < -0.39 is 10.9 Å². The van der Waals surface area contributed by atoms with Crippen molar-refractivity contribution in [3.05, 3.63) is 0 Å². The van der Waals surface area contributed by atoms with Crippen molar-refractivity contribution >= 4 is 21.9 Å². The third-order valence-electron chi connectivity index (χ3n) is 0.959. The summed E-state index contributed by atoms with van der Waals surface area (Å²) in [4.78, 5) is 9.84. The quantitative estimate of drug-likeness (QED) is 0.411. The Balaban J connectivity index is 2.56. The molecule has 1 fully saturated rings. The molecular formula is C4H5BrO3. The summed E-state index contributed by atoms with van der Waals surface area (Å²) in [5.41, 5.74) is 0. The fraction of sp³-hybridized carbons (Fsp3) is 0.750. The van der Waals surface area contributed by atoms with Gasteiger partial charge in [0.05, 0.1) is 0 Å². The number of carbonyl (C=O) groups is 1. The van der Waals surface area contributed by atoms with Crippen molar-refractivity contribution in [2.45, 2.75) is 10.9 Å². The number of hydrogen-bond donors (Lipinski definition) is 1. The highest BCUT2D eigenvalue weighted by Crippen LogP contribution is 2.14. The maximum absolute atomic E-state index is 10.4. The Bertz CT molecular complexity index is 114. The zero-order chi connectivity index (χ0) is 6.15. The van der Waals surface area contributed by atoms with Crippen LogP contribution in [0.4, 0.5) is 0 Å². The Hall–Kier alpha value is -0.0900. The number of alkyl halides is 1. The average Bonchev–Trinajstić information content (AvgIpc) is 1.98. The van der Waals surface area contributed by atoms with Crippen LogP contribution in [0.5, 0.6) is 0 Å². The molecule has 0 aromatic heterocycles. The van der Waals surface area contributed by atoms with Crippen LogP contribution < -0.4 is 0 Å². The highest BCUT2D eigenvalue weighted by molar-refractivity contribution is 9.10. The third-order valence-corrected chi connectivity index (χ3v) is 1.94. The van der Waals surface area contributed by atoms with Gasteiger partial charge in [-0.05, 0) is 0 Å². The largest absolute Gasteiger partial charge is 0.462 e. The number of ether oxygens (including phenoxy) is 1. The van der Waals surface area contributed by atoms with Crippen LogP contribution in [0.2, 0.25) is 0 Å². The smallest absolute Gasteiger partial charge is 0.322 e. The topological polar surface area (TPSA) is 46.5 Å². The Labute approximate surface area is 54.8 Å². The van der Waals surface area contributed by atoms with E-state index in [1.807, 2.05) is 0 Å². The van der Waals surface area contributed by atoms with E-state index in [2.05, 4.69) is 20.7 Å². The van der Waals surface area contributed by atoms with Gasteiger partial charge in [0, 0.05) is 0 Å². The van der Waals surface area contributed by atoms with Crippen molar-refractivity contribution in [2.75, 3.05) is 6.61 Å². The molecule has 1 aliphatic heterocycles. The van der Waals surface area contributed by atoms with Crippen molar-refractivity contribution in [1.82, 2.24) is 0 Å². The first kappa shape index (κ1) is 6.04. The summed E-state index contributed by atoms with van der Waals surface area (Å²) >= 11 is 2.94. The molecule has 0 saturated carbocycles. The van der Waals surface area contributed by atoms with E-state index in [-0.39, 0.29) is 12.6 Å². The first-order valence-electron chi connectivity index (χ1n) is 2.20. The lowest BCUT2D eigenvalue weighted by atomic mass is 10.3. The summed E-state index contributed by atoms with van der Waals surface area (Å²) < 4.78 is 4.44. The molecule has 0 amide bonds. The number of aliphatic hydroxyl groups is 1. The number of carbonyl (C=O) groups excluding carboxylic acids is 1. The van der Waals surface area contributed by atoms with Crippen LogP contribution in [0, 0.1) is 0 Å². The van der Waals surface area contributed by atoms with Crippen LogP contribution in [0.3, 0.4) is 0 Å². The fourth-order valence-electron chi connectivity index (χ4n) is 0.489. The highest BCUT2D eigenvalue weighted by atomic mass is 79.9. The highest BCUT2D eigenvalue weighted by Gasteiger charge is 2.32. The van der Waals surface area contributed by atoms with Gasteiger partial charge in [-0.3, -0.25) is 4.79 Å². The van der Waals surface area contributed by atoms with Gasteiger partial charge in [0.25, 0.3) is 0 Å². The summed E-state index contributed by atoms with van der Waals surface area (Å²) in [5, 5.41) is 8.78. The number of esters is 1. The van der Waals surface area contributed by atoms with Crippen LogP contribution in [-0.2, 0) is 9.53 Å². The maximum atomic E-state index is 10.4. The monoisotopic (exact) mass is 180 g/mol. The molecule has 1 N–H and O–H groups in total. The Kier molecular flexibility index (Phi) is 1.53. The summed E-state index contributed by atoms with van der Waals surface area (Å²) in [5.74, 6) is -0.377. The molecular weight excluding hydrogens is 176 g/mol. The molecule has 1 heterocycles. The predicted octanol–water partition coefficient (Wildman–Crippen LogP) is -0.332. The van der Waals surface area contributed by atoms with Crippen molar-refractivity contribution in [1.29, 1.82) is 0 Å². The first-order valence-corrected chi connectivity index (χ1v) is 3.12. The van der Waals surface area contributed by atoms with E-state index >= 15 is 0 Å². The number of cyclic esters (lactones) is 1. The van der Waals surface area contributed by atoms with Crippen molar-refractivity contribution in [3.63, 3.8) is 0 Å². The molecule has 46 valence electrons. The summed E-state index contributed by atoms with van der Waals surface area (Å²) in [6.45, 7) is 0.120.